The quantitative estimate of drug-likeness (QED) is 0.750. The molecule has 2 aliphatic rings. The van der Waals surface area contributed by atoms with Crippen molar-refractivity contribution in [3.05, 3.63) is 12.1 Å². The number of nitrogens with two attached hydrogens (primary N) is 1. The van der Waals surface area contributed by atoms with Gasteiger partial charge >= 0.3 is 0 Å². The molecule has 0 bridgehead atoms. The SMILES string of the molecule is Nc1ccc(NC2CCCCC2CO)nc1OCC1CC1. The maximum Gasteiger partial charge on any atom is 0.239 e. The van der Waals surface area contributed by atoms with Crippen LogP contribution >= 0.6 is 0 Å². The monoisotopic (exact) mass is 291 g/mol. The summed E-state index contributed by atoms with van der Waals surface area (Å²) in [5, 5.41) is 12.9. The number of hydrogen-bond donors (Lipinski definition) is 3. The molecule has 3 rings (SSSR count). The Morgan fingerprint density at radius 3 is 2.81 bits per heavy atom. The van der Waals surface area contributed by atoms with Crippen molar-refractivity contribution in [3.63, 3.8) is 0 Å². The van der Waals surface area contributed by atoms with Gasteiger partial charge in [-0.3, -0.25) is 0 Å². The van der Waals surface area contributed by atoms with Crippen LogP contribution in [0.25, 0.3) is 0 Å². The summed E-state index contributed by atoms with van der Waals surface area (Å²) in [5.74, 6) is 2.32. The first kappa shape index (κ1) is 14.4. The molecule has 1 aromatic rings. The second-order valence-corrected chi connectivity index (χ2v) is 6.32. The highest BCUT2D eigenvalue weighted by atomic mass is 16.5. The summed E-state index contributed by atoms with van der Waals surface area (Å²) in [7, 11) is 0. The smallest absolute Gasteiger partial charge is 0.239 e. The lowest BCUT2D eigenvalue weighted by Gasteiger charge is -2.31. The van der Waals surface area contributed by atoms with Gasteiger partial charge in [0.1, 0.15) is 5.82 Å². The highest BCUT2D eigenvalue weighted by molar-refractivity contribution is 5.54. The molecule has 2 fully saturated rings. The van der Waals surface area contributed by atoms with E-state index in [9.17, 15) is 5.11 Å². The summed E-state index contributed by atoms with van der Waals surface area (Å²) in [6.45, 7) is 0.945. The van der Waals surface area contributed by atoms with Crippen LogP contribution in [0.3, 0.4) is 0 Å². The van der Waals surface area contributed by atoms with Gasteiger partial charge in [0, 0.05) is 18.6 Å². The molecular formula is C16H25N3O2. The van der Waals surface area contributed by atoms with Crippen molar-refractivity contribution in [2.75, 3.05) is 24.3 Å². The number of nitrogens with zero attached hydrogens (tertiary/aromatic N) is 1. The molecule has 5 nitrogen and oxygen atoms in total. The van der Waals surface area contributed by atoms with E-state index in [1.807, 2.05) is 12.1 Å². The maximum absolute atomic E-state index is 9.49. The molecule has 4 N–H and O–H groups in total. The Morgan fingerprint density at radius 2 is 2.05 bits per heavy atom. The van der Waals surface area contributed by atoms with Crippen LogP contribution in [0, 0.1) is 11.8 Å². The van der Waals surface area contributed by atoms with E-state index in [2.05, 4.69) is 10.3 Å². The number of aromatic nitrogens is 1. The maximum atomic E-state index is 9.49. The minimum Gasteiger partial charge on any atom is -0.476 e. The Labute approximate surface area is 125 Å². The zero-order valence-corrected chi connectivity index (χ0v) is 12.4. The molecule has 0 spiro atoms. The first-order valence-corrected chi connectivity index (χ1v) is 8.03. The molecular weight excluding hydrogens is 266 g/mol. The van der Waals surface area contributed by atoms with Gasteiger partial charge in [-0.05, 0) is 43.7 Å². The predicted octanol–water partition coefficient (Wildman–Crippen LogP) is 2.42. The van der Waals surface area contributed by atoms with Gasteiger partial charge in [0.05, 0.1) is 12.3 Å². The van der Waals surface area contributed by atoms with Crippen LogP contribution in [0.2, 0.25) is 0 Å². The van der Waals surface area contributed by atoms with Crippen molar-refractivity contribution in [1.29, 1.82) is 0 Å². The van der Waals surface area contributed by atoms with E-state index in [1.54, 1.807) is 0 Å². The Morgan fingerprint density at radius 1 is 1.24 bits per heavy atom. The lowest BCUT2D eigenvalue weighted by molar-refractivity contribution is 0.178. The van der Waals surface area contributed by atoms with Gasteiger partial charge in [-0.1, -0.05) is 12.8 Å². The van der Waals surface area contributed by atoms with Crippen LogP contribution in [0.5, 0.6) is 5.88 Å². The summed E-state index contributed by atoms with van der Waals surface area (Å²) in [4.78, 5) is 4.49. The van der Waals surface area contributed by atoms with Gasteiger partial charge in [0.25, 0.3) is 0 Å². The fourth-order valence-corrected chi connectivity index (χ4v) is 2.93. The summed E-state index contributed by atoms with van der Waals surface area (Å²) in [6.07, 6.45) is 7.06. The molecule has 116 valence electrons. The number of hydrogen-bond acceptors (Lipinski definition) is 5. The van der Waals surface area contributed by atoms with Crippen molar-refractivity contribution in [2.24, 2.45) is 11.8 Å². The summed E-state index contributed by atoms with van der Waals surface area (Å²) in [6, 6.07) is 4.02. The lowest BCUT2D eigenvalue weighted by Crippen LogP contribution is -2.34. The number of nitrogens with one attached hydrogen (secondary N) is 1. The largest absolute Gasteiger partial charge is 0.476 e. The third kappa shape index (κ3) is 3.79. The topological polar surface area (TPSA) is 80.4 Å². The fourth-order valence-electron chi connectivity index (χ4n) is 2.93. The van der Waals surface area contributed by atoms with Gasteiger partial charge in [-0.25, -0.2) is 0 Å². The van der Waals surface area contributed by atoms with Crippen LogP contribution in [0.1, 0.15) is 38.5 Å². The van der Waals surface area contributed by atoms with Gasteiger partial charge in [-0.15, -0.1) is 0 Å². The molecule has 2 unspecified atom stereocenters. The number of rotatable bonds is 6. The van der Waals surface area contributed by atoms with E-state index in [4.69, 9.17) is 10.5 Å². The Balaban J connectivity index is 1.64. The minimum absolute atomic E-state index is 0.234. The fraction of sp³-hybridized carbons (Fsp3) is 0.688. The van der Waals surface area contributed by atoms with Crippen LogP contribution in [-0.2, 0) is 0 Å². The zero-order chi connectivity index (χ0) is 14.7. The first-order valence-electron chi connectivity index (χ1n) is 8.03. The molecule has 0 saturated heterocycles. The molecule has 5 heteroatoms. The second-order valence-electron chi connectivity index (χ2n) is 6.32. The Kier molecular flexibility index (Phi) is 4.48. The lowest BCUT2D eigenvalue weighted by atomic mass is 9.85. The molecule has 0 amide bonds. The average Bonchev–Trinajstić information content (AvgIpc) is 3.32. The third-order valence-electron chi connectivity index (χ3n) is 4.52. The van der Waals surface area contributed by atoms with Crippen molar-refractivity contribution < 1.29 is 9.84 Å². The van der Waals surface area contributed by atoms with Crippen molar-refractivity contribution in [1.82, 2.24) is 4.98 Å². The molecule has 2 atom stereocenters. The standard InChI is InChI=1S/C16H25N3O2/c17-13-7-8-15(19-16(13)21-10-11-5-6-11)18-14-4-2-1-3-12(14)9-20/h7-8,11-12,14,20H,1-6,9-10,17H2,(H,18,19). The second kappa shape index (κ2) is 6.52. The van der Waals surface area contributed by atoms with Gasteiger partial charge in [0.15, 0.2) is 0 Å². The van der Waals surface area contributed by atoms with E-state index >= 15 is 0 Å². The molecule has 2 saturated carbocycles. The summed E-state index contributed by atoms with van der Waals surface area (Å²) < 4.78 is 5.72. The van der Waals surface area contributed by atoms with Crippen molar-refractivity contribution in [2.45, 2.75) is 44.6 Å². The third-order valence-corrected chi connectivity index (χ3v) is 4.52. The van der Waals surface area contributed by atoms with E-state index in [0.29, 0.717) is 30.0 Å². The summed E-state index contributed by atoms with van der Waals surface area (Å²) >= 11 is 0. The number of pyridine rings is 1. The number of nitrogen functional groups attached to an aromatic ring is 1. The molecule has 1 aromatic heterocycles. The van der Waals surface area contributed by atoms with Crippen molar-refractivity contribution in [3.8, 4) is 5.88 Å². The molecule has 1 heterocycles. The summed E-state index contributed by atoms with van der Waals surface area (Å²) in [5.41, 5.74) is 6.51. The van der Waals surface area contributed by atoms with Crippen molar-refractivity contribution >= 4 is 11.5 Å². The van der Waals surface area contributed by atoms with E-state index in [-0.39, 0.29) is 12.6 Å². The van der Waals surface area contributed by atoms with Gasteiger partial charge < -0.3 is 20.9 Å². The molecule has 0 radical (unpaired) electrons. The van der Waals surface area contributed by atoms with E-state index in [0.717, 1.165) is 18.7 Å². The molecule has 0 aromatic carbocycles. The van der Waals surface area contributed by atoms with Crippen LogP contribution in [-0.4, -0.2) is 29.3 Å². The minimum atomic E-state index is 0.234. The first-order chi connectivity index (χ1) is 10.3. The average molecular weight is 291 g/mol. The predicted molar refractivity (Wildman–Crippen MR) is 83.3 cm³/mol. The van der Waals surface area contributed by atoms with E-state index < -0.39 is 0 Å². The molecule has 2 aliphatic carbocycles. The van der Waals surface area contributed by atoms with Crippen LogP contribution in [0.4, 0.5) is 11.5 Å². The molecule has 0 aliphatic heterocycles. The highest BCUT2D eigenvalue weighted by Crippen LogP contribution is 2.31. The van der Waals surface area contributed by atoms with Gasteiger partial charge in [0.2, 0.25) is 5.88 Å². The number of aliphatic hydroxyl groups excluding tert-OH is 1. The van der Waals surface area contributed by atoms with Crippen LogP contribution in [0.15, 0.2) is 12.1 Å². The number of ether oxygens (including phenoxy) is 1. The van der Waals surface area contributed by atoms with Gasteiger partial charge in [-0.2, -0.15) is 4.98 Å². The normalized spacial score (nSPS) is 25.6. The number of anilines is 2. The Bertz CT molecular complexity index is 477. The van der Waals surface area contributed by atoms with Crippen LogP contribution < -0.4 is 15.8 Å². The molecule has 21 heavy (non-hydrogen) atoms. The van der Waals surface area contributed by atoms with E-state index in [1.165, 1.54) is 25.7 Å². The number of aliphatic hydroxyl groups is 1. The Hall–Kier alpha value is -1.49. The highest BCUT2D eigenvalue weighted by Gasteiger charge is 2.25. The zero-order valence-electron chi connectivity index (χ0n) is 12.4.